The Morgan fingerprint density at radius 1 is 1.21 bits per heavy atom. The topological polar surface area (TPSA) is 164 Å². The van der Waals surface area contributed by atoms with E-state index < -0.39 is 34.1 Å². The molecule has 3 N–H and O–H groups in total. The maximum Gasteiger partial charge on any atom is 0.323 e. The lowest BCUT2D eigenvalue weighted by Crippen LogP contribution is -2.50. The number of fused-ring (bicyclic) bond motifs is 1. The SMILES string of the molecule is COc1ccc(S(=O)(=O)N(C)C[C@H]2Oc3c(NC(=O)Nc4c(C)noc4C)cccc3C(=O)N([C@H](C)CO)C[C@@H]2C)cc1. The van der Waals surface area contributed by atoms with Crippen LogP contribution < -0.4 is 20.1 Å². The van der Waals surface area contributed by atoms with Gasteiger partial charge in [0.05, 0.1) is 42.4 Å². The molecule has 0 unspecified atom stereocenters. The number of hydrogen-bond acceptors (Lipinski definition) is 9. The van der Waals surface area contributed by atoms with Gasteiger partial charge in [-0.15, -0.1) is 0 Å². The van der Waals surface area contributed by atoms with E-state index in [1.54, 1.807) is 51.1 Å². The first kappa shape index (κ1) is 31.8. The molecule has 13 nitrogen and oxygen atoms in total. The zero-order valence-corrected chi connectivity index (χ0v) is 25.8. The zero-order valence-electron chi connectivity index (χ0n) is 24.9. The van der Waals surface area contributed by atoms with Crippen molar-refractivity contribution in [3.05, 3.63) is 59.5 Å². The first-order valence-corrected chi connectivity index (χ1v) is 15.1. The highest BCUT2D eigenvalue weighted by Crippen LogP contribution is 2.35. The monoisotopic (exact) mass is 615 g/mol. The van der Waals surface area contributed by atoms with Gasteiger partial charge in [-0.1, -0.05) is 18.1 Å². The molecule has 14 heteroatoms. The number of methoxy groups -OCH3 is 1. The molecule has 0 spiro atoms. The Morgan fingerprint density at radius 3 is 2.51 bits per heavy atom. The second-order valence-electron chi connectivity index (χ2n) is 10.5. The first-order chi connectivity index (χ1) is 20.4. The fraction of sp³-hybridized carbons (Fsp3) is 0.414. The summed E-state index contributed by atoms with van der Waals surface area (Å²) in [4.78, 5) is 28.3. The summed E-state index contributed by atoms with van der Waals surface area (Å²) >= 11 is 0. The Kier molecular flexibility index (Phi) is 9.62. The molecule has 3 aromatic rings. The number of nitrogens with zero attached hydrogens (tertiary/aromatic N) is 3. The van der Waals surface area contributed by atoms with Crippen molar-refractivity contribution in [1.29, 1.82) is 0 Å². The molecule has 232 valence electrons. The van der Waals surface area contributed by atoms with Gasteiger partial charge in [-0.3, -0.25) is 4.79 Å². The van der Waals surface area contributed by atoms with Crippen LogP contribution in [0.15, 0.2) is 51.9 Å². The summed E-state index contributed by atoms with van der Waals surface area (Å²) in [6.07, 6.45) is -0.744. The second kappa shape index (κ2) is 13.0. The predicted octanol–water partition coefficient (Wildman–Crippen LogP) is 3.48. The van der Waals surface area contributed by atoms with Crippen molar-refractivity contribution in [3.63, 3.8) is 0 Å². The number of sulfonamides is 1. The molecule has 0 aliphatic carbocycles. The van der Waals surface area contributed by atoms with E-state index in [0.29, 0.717) is 22.9 Å². The van der Waals surface area contributed by atoms with Gasteiger partial charge < -0.3 is 34.6 Å². The van der Waals surface area contributed by atoms with Crippen LogP contribution in [-0.2, 0) is 10.0 Å². The number of rotatable bonds is 9. The molecule has 0 fully saturated rings. The van der Waals surface area contributed by atoms with Crippen LogP contribution in [0.25, 0.3) is 0 Å². The highest BCUT2D eigenvalue weighted by molar-refractivity contribution is 7.89. The van der Waals surface area contributed by atoms with E-state index in [2.05, 4.69) is 15.8 Å². The number of aliphatic hydroxyl groups excluding tert-OH is 1. The van der Waals surface area contributed by atoms with Gasteiger partial charge in [0.2, 0.25) is 10.0 Å². The molecule has 2 aromatic carbocycles. The van der Waals surface area contributed by atoms with Gasteiger partial charge in [0.25, 0.3) is 5.91 Å². The maximum atomic E-state index is 13.7. The van der Waals surface area contributed by atoms with Crippen LogP contribution in [0, 0.1) is 19.8 Å². The molecule has 0 saturated carbocycles. The van der Waals surface area contributed by atoms with E-state index >= 15 is 0 Å². The van der Waals surface area contributed by atoms with Crippen molar-refractivity contribution in [2.75, 3.05) is 44.5 Å². The fourth-order valence-corrected chi connectivity index (χ4v) is 5.95. The van der Waals surface area contributed by atoms with Crippen molar-refractivity contribution < 1.29 is 37.1 Å². The zero-order chi connectivity index (χ0) is 31.5. The van der Waals surface area contributed by atoms with Gasteiger partial charge in [0.1, 0.15) is 23.2 Å². The van der Waals surface area contributed by atoms with Crippen LogP contribution in [0.2, 0.25) is 0 Å². The van der Waals surface area contributed by atoms with Gasteiger partial charge in [-0.25, -0.2) is 13.2 Å². The summed E-state index contributed by atoms with van der Waals surface area (Å²) in [6, 6.07) is 9.67. The lowest BCUT2D eigenvalue weighted by atomic mass is 9.99. The number of aryl methyl sites for hydroxylation is 2. The number of amides is 3. The van der Waals surface area contributed by atoms with Gasteiger partial charge in [-0.2, -0.15) is 4.31 Å². The number of ether oxygens (including phenoxy) is 2. The van der Waals surface area contributed by atoms with E-state index in [-0.39, 0.29) is 47.5 Å². The van der Waals surface area contributed by atoms with E-state index in [0.717, 1.165) is 0 Å². The lowest BCUT2D eigenvalue weighted by molar-refractivity contribution is 0.0389. The minimum Gasteiger partial charge on any atom is -0.497 e. The highest BCUT2D eigenvalue weighted by Gasteiger charge is 2.36. The third-order valence-corrected chi connectivity index (χ3v) is 9.25. The molecule has 1 aliphatic rings. The number of likely N-dealkylation sites (N-methyl/N-ethyl adjacent to an activating group) is 1. The summed E-state index contributed by atoms with van der Waals surface area (Å²) in [5.41, 5.74) is 1.26. The Morgan fingerprint density at radius 2 is 1.91 bits per heavy atom. The van der Waals surface area contributed by atoms with Crippen LogP contribution in [0.3, 0.4) is 0 Å². The summed E-state index contributed by atoms with van der Waals surface area (Å²) in [6.45, 7) is 6.77. The Hall–Kier alpha value is -4.14. The van der Waals surface area contributed by atoms with Crippen molar-refractivity contribution in [2.24, 2.45) is 5.92 Å². The third-order valence-electron chi connectivity index (χ3n) is 7.42. The Labute approximate surface area is 250 Å². The maximum absolute atomic E-state index is 13.7. The van der Waals surface area contributed by atoms with E-state index in [1.807, 2.05) is 6.92 Å². The van der Waals surface area contributed by atoms with Crippen molar-refractivity contribution in [3.8, 4) is 11.5 Å². The minimum atomic E-state index is -3.91. The van der Waals surface area contributed by atoms with Gasteiger partial charge >= 0.3 is 6.03 Å². The number of hydrogen-bond donors (Lipinski definition) is 3. The lowest BCUT2D eigenvalue weighted by Gasteiger charge is -2.38. The van der Waals surface area contributed by atoms with Gasteiger partial charge in [0.15, 0.2) is 11.5 Å². The molecule has 1 aliphatic heterocycles. The molecule has 0 bridgehead atoms. The number of urea groups is 1. The van der Waals surface area contributed by atoms with Crippen molar-refractivity contribution in [2.45, 2.75) is 44.7 Å². The molecule has 43 heavy (non-hydrogen) atoms. The largest absolute Gasteiger partial charge is 0.497 e. The number of aliphatic hydroxyl groups is 1. The van der Waals surface area contributed by atoms with Crippen LogP contribution in [0.1, 0.15) is 35.7 Å². The van der Waals surface area contributed by atoms with Gasteiger partial charge in [0, 0.05) is 19.5 Å². The number of anilines is 2. The average Bonchev–Trinajstić information content (AvgIpc) is 3.30. The van der Waals surface area contributed by atoms with E-state index in [1.165, 1.54) is 35.5 Å². The average molecular weight is 616 g/mol. The van der Waals surface area contributed by atoms with Crippen LogP contribution in [0.5, 0.6) is 11.5 Å². The molecule has 3 amide bonds. The summed E-state index contributed by atoms with van der Waals surface area (Å²) in [5.74, 6) is 0.269. The van der Waals surface area contributed by atoms with Crippen LogP contribution in [-0.4, -0.2) is 85.8 Å². The van der Waals surface area contributed by atoms with E-state index in [9.17, 15) is 23.1 Å². The number of aromatic nitrogens is 1. The van der Waals surface area contributed by atoms with Crippen LogP contribution >= 0.6 is 0 Å². The van der Waals surface area contributed by atoms with Crippen LogP contribution in [0.4, 0.5) is 16.2 Å². The third kappa shape index (κ3) is 6.76. The molecule has 0 saturated heterocycles. The van der Waals surface area contributed by atoms with Crippen molar-refractivity contribution >= 4 is 33.3 Å². The fourth-order valence-electron chi connectivity index (χ4n) is 4.77. The molecule has 0 radical (unpaired) electrons. The number of carbonyl (C=O) groups is 2. The van der Waals surface area contributed by atoms with Crippen molar-refractivity contribution in [1.82, 2.24) is 14.4 Å². The summed E-state index contributed by atoms with van der Waals surface area (Å²) in [5, 5.41) is 19.2. The summed E-state index contributed by atoms with van der Waals surface area (Å²) in [7, 11) is -0.964. The Balaban J connectivity index is 1.69. The smallest absolute Gasteiger partial charge is 0.323 e. The van der Waals surface area contributed by atoms with E-state index in [4.69, 9.17) is 14.0 Å². The predicted molar refractivity (Wildman–Crippen MR) is 159 cm³/mol. The standard InChI is InChI=1S/C29H37N5O8S/c1-17-14-34(18(2)16-35)28(36)23-8-7-9-24(30-29(37)31-26-19(3)32-42-20(26)4)27(23)41-25(17)15-33(5)43(38,39)22-12-10-21(40-6)11-13-22/h7-13,17-18,25,35H,14-16H2,1-6H3,(H2,30,31,37)/t17-,18+,25+/m0/s1. The number of benzene rings is 2. The molecule has 2 heterocycles. The summed E-state index contributed by atoms with van der Waals surface area (Å²) < 4.78 is 44.8. The number of nitrogens with one attached hydrogen (secondary N) is 2. The molecule has 1 aromatic heterocycles. The minimum absolute atomic E-state index is 0.0654. The first-order valence-electron chi connectivity index (χ1n) is 13.7. The molecular weight excluding hydrogens is 578 g/mol. The molecular formula is C29H37N5O8S. The molecule has 4 rings (SSSR count). The number of carbonyl (C=O) groups excluding carboxylic acids is 2. The molecule has 3 atom stereocenters. The van der Waals surface area contributed by atoms with Gasteiger partial charge in [-0.05, 0) is 57.2 Å². The quantitative estimate of drug-likeness (QED) is 0.327. The normalized spacial score (nSPS) is 17.9. The highest BCUT2D eigenvalue weighted by atomic mass is 32.2. The second-order valence-corrected chi connectivity index (χ2v) is 12.6. The Bertz CT molecular complexity index is 1550. The number of para-hydroxylation sites is 1.